The highest BCUT2D eigenvalue weighted by Gasteiger charge is 2.38. The summed E-state index contributed by atoms with van der Waals surface area (Å²) >= 11 is 37.1. The molecule has 1 rings (SSSR count). The highest BCUT2D eigenvalue weighted by atomic mass is 32.1. The lowest BCUT2D eigenvalue weighted by Crippen LogP contribution is -2.55. The first kappa shape index (κ1) is 88.4. The number of hydrogen-bond donors (Lipinski definition) is 10. The molecular formula is C54H95N3O21S9. The summed E-state index contributed by atoms with van der Waals surface area (Å²) in [6.07, 6.45) is 1.44. The molecule has 0 aliphatic heterocycles. The van der Waals surface area contributed by atoms with Crippen LogP contribution in [0.4, 0.5) is 0 Å². The molecule has 0 radical (unpaired) electrons. The minimum Gasteiger partial charge on any atom is -0.466 e. The number of ether oxygens (including phenoxy) is 9. The van der Waals surface area contributed by atoms with Crippen molar-refractivity contribution >= 4 is 161 Å². The normalized spacial score (nSPS) is 14.6. The molecule has 0 saturated heterocycles. The highest BCUT2D eigenvalue weighted by Crippen LogP contribution is 2.24. The summed E-state index contributed by atoms with van der Waals surface area (Å²) in [5.41, 5.74) is -4.10. The van der Waals surface area contributed by atoms with Crippen molar-refractivity contribution < 1.29 is 86.1 Å². The zero-order valence-corrected chi connectivity index (χ0v) is 58.2. The summed E-state index contributed by atoms with van der Waals surface area (Å²) in [4.78, 5) is 133. The summed E-state index contributed by atoms with van der Waals surface area (Å²) in [6.45, 7) is 11.9. The molecule has 0 amide bonds. The van der Waals surface area contributed by atoms with Gasteiger partial charge in [0.15, 0.2) is 6.29 Å². The molecule has 0 bridgehead atoms. The lowest BCUT2D eigenvalue weighted by atomic mass is 9.92. The fourth-order valence-corrected chi connectivity index (χ4v) is 7.82. The number of nitrogens with zero attached hydrogens (tertiary/aromatic N) is 3. The first-order chi connectivity index (χ1) is 40.1. The minimum atomic E-state index is -1.22. The van der Waals surface area contributed by atoms with E-state index in [0.717, 1.165) is 13.7 Å². The van der Waals surface area contributed by atoms with Gasteiger partial charge in [0.05, 0.1) is 96.2 Å². The van der Waals surface area contributed by atoms with Crippen LogP contribution in [-0.4, -0.2) is 180 Å². The molecule has 0 aliphatic rings. The average molecular weight is 1410 g/mol. The molecule has 1 aromatic heterocycles. The van der Waals surface area contributed by atoms with E-state index in [0.29, 0.717) is 44.6 Å². The van der Waals surface area contributed by atoms with Crippen LogP contribution in [0, 0.1) is 5.41 Å². The zero-order chi connectivity index (χ0) is 66.1. The van der Waals surface area contributed by atoms with E-state index in [1.165, 1.54) is 0 Å². The lowest BCUT2D eigenvalue weighted by Gasteiger charge is -2.33. The summed E-state index contributed by atoms with van der Waals surface area (Å²) in [5.74, 6) is -3.32. The Morgan fingerprint density at radius 3 is 0.793 bits per heavy atom. The van der Waals surface area contributed by atoms with Gasteiger partial charge < -0.3 is 47.7 Å². The van der Waals surface area contributed by atoms with Crippen LogP contribution < -0.4 is 17.1 Å². The molecule has 506 valence electrons. The van der Waals surface area contributed by atoms with Gasteiger partial charge in [-0.05, 0) is 18.6 Å². The molecule has 0 fully saturated rings. The van der Waals surface area contributed by atoms with Gasteiger partial charge in [-0.2, -0.15) is 114 Å². The van der Waals surface area contributed by atoms with Gasteiger partial charge in [-0.15, -0.1) is 0 Å². The Hall–Kier alpha value is -2.76. The lowest BCUT2D eigenvalue weighted by molar-refractivity contribution is -0.181. The molecule has 9 unspecified atom stereocenters. The number of carbonyl (C=O) groups excluding carboxylic acids is 8. The van der Waals surface area contributed by atoms with E-state index in [2.05, 4.69) is 114 Å². The molecule has 33 heteroatoms. The number of rotatable bonds is 41. The predicted molar refractivity (Wildman–Crippen MR) is 360 cm³/mol. The Bertz CT molecular complexity index is 2110. The van der Waals surface area contributed by atoms with Gasteiger partial charge in [-0.3, -0.25) is 38.4 Å². The number of carbonyl (C=O) groups is 8. The Labute approximate surface area is 560 Å². The van der Waals surface area contributed by atoms with Crippen LogP contribution >= 0.6 is 114 Å². The minimum absolute atomic E-state index is 0. The van der Waals surface area contributed by atoms with Crippen molar-refractivity contribution in [2.24, 2.45) is 5.41 Å². The molecule has 1 N–H and O–H groups in total. The van der Waals surface area contributed by atoms with E-state index in [1.54, 1.807) is 41.5 Å². The summed E-state index contributed by atoms with van der Waals surface area (Å²) in [6, 6.07) is 0. The molecular weight excluding hydrogens is 1320 g/mol. The van der Waals surface area contributed by atoms with Crippen molar-refractivity contribution in [3.8, 4) is 0 Å². The van der Waals surface area contributed by atoms with Crippen LogP contribution in [0.2, 0.25) is 0 Å². The Kier molecular flexibility index (Phi) is 51.7. The Morgan fingerprint density at radius 2 is 0.586 bits per heavy atom. The number of unbranched alkanes of at least 4 members (excludes halogenated alkanes) is 1. The summed E-state index contributed by atoms with van der Waals surface area (Å²) in [5, 5.41) is 8.66. The van der Waals surface area contributed by atoms with Crippen LogP contribution in [0.1, 0.15) is 133 Å². The van der Waals surface area contributed by atoms with Gasteiger partial charge in [-0.25, -0.2) is 28.1 Å². The first-order valence-electron chi connectivity index (χ1n) is 27.7. The smallest absolute Gasteiger partial charge is 0.336 e. The first-order valence-corrected chi connectivity index (χ1v) is 32.4. The van der Waals surface area contributed by atoms with Crippen molar-refractivity contribution in [1.82, 2.24) is 13.7 Å². The van der Waals surface area contributed by atoms with Crippen LogP contribution in [0.25, 0.3) is 0 Å². The van der Waals surface area contributed by atoms with Crippen LogP contribution in [0.3, 0.4) is 0 Å². The molecule has 0 saturated carbocycles. The maximum Gasteiger partial charge on any atom is 0.336 e. The standard InChI is InChI=1S/C21H33N3O9S3.C20H36O8S4.C12H22O4S2.CH4/c1-13(34)10-16(25)31-7-4-22-19(28)23(5-8-32-17(26)11-14(2)35)21(30)24(20(22)29)6-9-33-18(27)12-15(3)36;1-13(30)6-17(22)26-10-20(9-25-16(21)4-5-29,11-27-18(23)7-14(2)31)12-28-19(24)8-15(3)32;1-9(17)7-11(13)15-5-3-4-6-16-12(14)8-10(2)18;/h13-15,34-36H,4-12H2,1-3H3;13-16,21,29-32H,4-12H2,1-3H3;9-10,17-18H,3-8H2,1-2H3;1H4. The van der Waals surface area contributed by atoms with Crippen LogP contribution in [0.15, 0.2) is 14.4 Å². The summed E-state index contributed by atoms with van der Waals surface area (Å²) < 4.78 is 48.8. The molecule has 1 aromatic rings. The molecule has 1 heterocycles. The predicted octanol–water partition coefficient (Wildman–Crippen LogP) is 5.21. The molecule has 0 aliphatic carbocycles. The van der Waals surface area contributed by atoms with Gasteiger partial charge in [0.2, 0.25) is 0 Å². The van der Waals surface area contributed by atoms with Crippen molar-refractivity contribution in [2.45, 2.75) is 201 Å². The topological polar surface area (TPSA) is 306 Å². The maximum atomic E-state index is 12.9. The third-order valence-corrected chi connectivity index (χ3v) is 12.2. The van der Waals surface area contributed by atoms with E-state index in [1.807, 2.05) is 13.8 Å². The fraction of sp³-hybridized carbons (Fsp3) is 0.796. The third-order valence-electron chi connectivity index (χ3n) is 10.5. The second kappa shape index (κ2) is 50.8. The van der Waals surface area contributed by atoms with E-state index >= 15 is 0 Å². The van der Waals surface area contributed by atoms with Crippen LogP contribution in [-0.2, 0) is 101 Å². The number of hydrogen-bond acceptors (Lipinski definition) is 30. The number of esters is 8. The number of aromatic nitrogens is 3. The number of aliphatic hydroxyl groups is 1. The monoisotopic (exact) mass is 1410 g/mol. The highest BCUT2D eigenvalue weighted by molar-refractivity contribution is 7.82. The number of thiol groups is 9. The molecule has 87 heavy (non-hydrogen) atoms. The van der Waals surface area contributed by atoms with Gasteiger partial charge in [0.1, 0.15) is 39.6 Å². The second-order valence-electron chi connectivity index (χ2n) is 20.3. The van der Waals surface area contributed by atoms with E-state index in [4.69, 9.17) is 42.6 Å². The summed E-state index contributed by atoms with van der Waals surface area (Å²) in [7, 11) is 0. The molecule has 9 atom stereocenters. The molecule has 24 nitrogen and oxygen atoms in total. The maximum absolute atomic E-state index is 12.9. The Morgan fingerprint density at radius 1 is 0.379 bits per heavy atom. The largest absolute Gasteiger partial charge is 0.466 e. The van der Waals surface area contributed by atoms with Crippen molar-refractivity contribution in [3.63, 3.8) is 0 Å². The zero-order valence-electron chi connectivity index (χ0n) is 50.1. The molecule has 0 aromatic carbocycles. The molecule has 0 spiro atoms. The second-order valence-corrected chi connectivity index (χ2v) is 27.8. The van der Waals surface area contributed by atoms with Crippen molar-refractivity contribution in [2.75, 3.05) is 65.2 Å². The van der Waals surface area contributed by atoms with E-state index in [9.17, 15) is 57.8 Å². The average Bonchev–Trinajstić information content (AvgIpc) is 2.24. The van der Waals surface area contributed by atoms with Crippen LogP contribution in [0.5, 0.6) is 0 Å². The SMILES string of the molecule is C.CC(S)CC(=O)OCC(COC(=O)CC(C)S)(COC(=O)CC(C)S)COC(O)CCS.CC(S)CC(=O)OCCCCOC(=O)CC(C)S.CC(S)CC(=O)OCCn1c(=O)n(CCOC(=O)CC(C)S)c(=O)n(CCOC(=O)CC(C)S)c1=O. The van der Waals surface area contributed by atoms with Crippen molar-refractivity contribution in [3.05, 3.63) is 31.5 Å². The third kappa shape index (κ3) is 47.8. The van der Waals surface area contributed by atoms with Gasteiger partial charge in [-0.1, -0.05) is 62.8 Å². The van der Waals surface area contributed by atoms with E-state index < -0.39 is 64.6 Å². The number of aliphatic hydroxyl groups excluding tert-OH is 1. The van der Waals surface area contributed by atoms with Gasteiger partial charge >= 0.3 is 64.8 Å². The van der Waals surface area contributed by atoms with Gasteiger partial charge in [0.25, 0.3) is 0 Å². The fourth-order valence-electron chi connectivity index (χ4n) is 6.40. The Balaban J connectivity index is -0.00000127. The van der Waals surface area contributed by atoms with Gasteiger partial charge in [0, 0.05) is 48.4 Å². The quantitative estimate of drug-likeness (QED) is 0.0132. The van der Waals surface area contributed by atoms with E-state index in [-0.39, 0.29) is 172 Å². The van der Waals surface area contributed by atoms with Crippen molar-refractivity contribution in [1.29, 1.82) is 0 Å².